The summed E-state index contributed by atoms with van der Waals surface area (Å²) in [5.41, 5.74) is 2.77. The standard InChI is InChI=1S/C15H24O/c1-9(2)15-13-7-10(3)5-6-12(13)11(4)8-14(15)16/h7,9,12-16H,4-6,8H2,1-3H3/t12?,13?,14-,15?/m1/s1. The van der Waals surface area contributed by atoms with Crippen LogP contribution in [0.25, 0.3) is 0 Å². The smallest absolute Gasteiger partial charge is 0.0613 e. The zero-order chi connectivity index (χ0) is 11.9. The molecule has 16 heavy (non-hydrogen) atoms. The molecular weight excluding hydrogens is 196 g/mol. The predicted molar refractivity (Wildman–Crippen MR) is 68.1 cm³/mol. The average molecular weight is 220 g/mol. The van der Waals surface area contributed by atoms with E-state index < -0.39 is 0 Å². The molecule has 0 aromatic rings. The molecule has 3 unspecified atom stereocenters. The molecule has 0 aliphatic heterocycles. The second-order valence-corrected chi connectivity index (χ2v) is 5.99. The Bertz CT molecular complexity index is 313. The number of aliphatic hydroxyl groups excluding tert-OH is 1. The molecule has 1 nitrogen and oxygen atoms in total. The minimum absolute atomic E-state index is 0.184. The lowest BCUT2D eigenvalue weighted by atomic mass is 9.61. The lowest BCUT2D eigenvalue weighted by Gasteiger charge is -2.45. The third-order valence-corrected chi connectivity index (χ3v) is 4.45. The van der Waals surface area contributed by atoms with Crippen LogP contribution in [0.2, 0.25) is 0 Å². The summed E-state index contributed by atoms with van der Waals surface area (Å²) in [4.78, 5) is 0. The van der Waals surface area contributed by atoms with Gasteiger partial charge in [0.05, 0.1) is 6.10 Å². The lowest BCUT2D eigenvalue weighted by molar-refractivity contribution is 0.0163. The molecule has 0 spiro atoms. The van der Waals surface area contributed by atoms with Gasteiger partial charge >= 0.3 is 0 Å². The molecule has 2 aliphatic rings. The zero-order valence-electron chi connectivity index (χ0n) is 10.7. The van der Waals surface area contributed by atoms with Gasteiger partial charge in [-0.2, -0.15) is 0 Å². The molecule has 1 fully saturated rings. The van der Waals surface area contributed by atoms with Gasteiger partial charge in [0.1, 0.15) is 0 Å². The molecule has 2 aliphatic carbocycles. The van der Waals surface area contributed by atoms with Gasteiger partial charge < -0.3 is 5.11 Å². The van der Waals surface area contributed by atoms with Crippen molar-refractivity contribution in [1.82, 2.24) is 0 Å². The van der Waals surface area contributed by atoms with Gasteiger partial charge in [0.15, 0.2) is 0 Å². The summed E-state index contributed by atoms with van der Waals surface area (Å²) in [5, 5.41) is 10.2. The Balaban J connectivity index is 2.31. The van der Waals surface area contributed by atoms with E-state index in [4.69, 9.17) is 0 Å². The van der Waals surface area contributed by atoms with Gasteiger partial charge in [-0.3, -0.25) is 0 Å². The molecule has 2 rings (SSSR count). The summed E-state index contributed by atoms with van der Waals surface area (Å²) < 4.78 is 0. The molecule has 90 valence electrons. The highest BCUT2D eigenvalue weighted by Gasteiger charge is 2.41. The highest BCUT2D eigenvalue weighted by Crippen LogP contribution is 2.47. The van der Waals surface area contributed by atoms with Gasteiger partial charge in [0.2, 0.25) is 0 Å². The fourth-order valence-corrected chi connectivity index (χ4v) is 3.66. The van der Waals surface area contributed by atoms with E-state index >= 15 is 0 Å². The topological polar surface area (TPSA) is 20.2 Å². The Labute approximate surface area is 99.3 Å². The van der Waals surface area contributed by atoms with E-state index in [1.165, 1.54) is 24.0 Å². The van der Waals surface area contributed by atoms with Crippen molar-refractivity contribution in [2.45, 2.75) is 46.1 Å². The second-order valence-electron chi connectivity index (χ2n) is 5.99. The first-order valence-electron chi connectivity index (χ1n) is 6.53. The minimum atomic E-state index is -0.184. The lowest BCUT2D eigenvalue weighted by Crippen LogP contribution is -2.42. The van der Waals surface area contributed by atoms with E-state index in [1.807, 2.05) is 0 Å². The van der Waals surface area contributed by atoms with E-state index in [-0.39, 0.29) is 6.10 Å². The molecule has 1 N–H and O–H groups in total. The van der Waals surface area contributed by atoms with E-state index in [1.54, 1.807) is 0 Å². The van der Waals surface area contributed by atoms with Crippen molar-refractivity contribution in [3.05, 3.63) is 23.8 Å². The predicted octanol–water partition coefficient (Wildman–Crippen LogP) is 3.55. The van der Waals surface area contributed by atoms with Crippen molar-refractivity contribution in [2.75, 3.05) is 0 Å². The van der Waals surface area contributed by atoms with Crippen LogP contribution in [0.3, 0.4) is 0 Å². The van der Waals surface area contributed by atoms with E-state index in [0.29, 0.717) is 23.7 Å². The fourth-order valence-electron chi connectivity index (χ4n) is 3.66. The molecule has 1 saturated carbocycles. The Morgan fingerprint density at radius 2 is 2.12 bits per heavy atom. The molecule has 4 atom stereocenters. The van der Waals surface area contributed by atoms with E-state index in [0.717, 1.165) is 6.42 Å². The van der Waals surface area contributed by atoms with Crippen molar-refractivity contribution in [2.24, 2.45) is 23.7 Å². The van der Waals surface area contributed by atoms with Gasteiger partial charge in [0.25, 0.3) is 0 Å². The van der Waals surface area contributed by atoms with Crippen LogP contribution in [-0.4, -0.2) is 11.2 Å². The zero-order valence-corrected chi connectivity index (χ0v) is 10.7. The number of hydrogen-bond acceptors (Lipinski definition) is 1. The van der Waals surface area contributed by atoms with Crippen LogP contribution in [-0.2, 0) is 0 Å². The molecule has 0 bridgehead atoms. The van der Waals surface area contributed by atoms with Gasteiger partial charge in [0, 0.05) is 0 Å². The maximum Gasteiger partial charge on any atom is 0.0613 e. The van der Waals surface area contributed by atoms with Crippen LogP contribution in [0, 0.1) is 23.7 Å². The van der Waals surface area contributed by atoms with Crippen LogP contribution in [0.1, 0.15) is 40.0 Å². The van der Waals surface area contributed by atoms with Gasteiger partial charge in [-0.15, -0.1) is 0 Å². The van der Waals surface area contributed by atoms with E-state index in [2.05, 4.69) is 33.4 Å². The molecule has 0 aromatic carbocycles. The minimum Gasteiger partial charge on any atom is -0.392 e. The summed E-state index contributed by atoms with van der Waals surface area (Å²) in [7, 11) is 0. The number of fused-ring (bicyclic) bond motifs is 1. The first-order valence-corrected chi connectivity index (χ1v) is 6.53. The monoisotopic (exact) mass is 220 g/mol. The van der Waals surface area contributed by atoms with Crippen molar-refractivity contribution in [3.8, 4) is 0 Å². The molecule has 1 heteroatoms. The molecule has 0 aromatic heterocycles. The molecule has 0 radical (unpaired) electrons. The summed E-state index contributed by atoms with van der Waals surface area (Å²) >= 11 is 0. The molecule has 0 amide bonds. The number of hydrogen-bond donors (Lipinski definition) is 1. The quantitative estimate of drug-likeness (QED) is 0.670. The summed E-state index contributed by atoms with van der Waals surface area (Å²) in [5.74, 6) is 2.13. The molecular formula is C15H24O. The normalized spacial score (nSPS) is 39.6. The Hall–Kier alpha value is -0.560. The first-order chi connectivity index (χ1) is 7.50. The third kappa shape index (κ3) is 1.98. The highest BCUT2D eigenvalue weighted by molar-refractivity contribution is 5.21. The Kier molecular flexibility index (Phi) is 3.25. The third-order valence-electron chi connectivity index (χ3n) is 4.45. The van der Waals surface area contributed by atoms with Gasteiger partial charge in [-0.1, -0.05) is 37.6 Å². The van der Waals surface area contributed by atoms with E-state index in [9.17, 15) is 5.11 Å². The fraction of sp³-hybridized carbons (Fsp3) is 0.733. The number of rotatable bonds is 1. The number of aliphatic hydroxyl groups is 1. The van der Waals surface area contributed by atoms with Crippen LogP contribution in [0.5, 0.6) is 0 Å². The summed E-state index contributed by atoms with van der Waals surface area (Å²) in [6, 6.07) is 0. The maximum atomic E-state index is 10.2. The first kappa shape index (κ1) is 11.9. The maximum absolute atomic E-state index is 10.2. The Morgan fingerprint density at radius 1 is 1.44 bits per heavy atom. The average Bonchev–Trinajstić information content (AvgIpc) is 2.15. The van der Waals surface area contributed by atoms with Gasteiger partial charge in [-0.25, -0.2) is 0 Å². The van der Waals surface area contributed by atoms with Crippen LogP contribution >= 0.6 is 0 Å². The summed E-state index contributed by atoms with van der Waals surface area (Å²) in [6.45, 7) is 10.9. The molecule has 0 saturated heterocycles. The van der Waals surface area contributed by atoms with Gasteiger partial charge in [-0.05, 0) is 49.9 Å². The van der Waals surface area contributed by atoms with Crippen molar-refractivity contribution in [3.63, 3.8) is 0 Å². The highest BCUT2D eigenvalue weighted by atomic mass is 16.3. The largest absolute Gasteiger partial charge is 0.392 e. The van der Waals surface area contributed by atoms with Crippen LogP contribution in [0.15, 0.2) is 23.8 Å². The number of allylic oxidation sites excluding steroid dienone is 2. The van der Waals surface area contributed by atoms with Crippen LogP contribution < -0.4 is 0 Å². The Morgan fingerprint density at radius 3 is 2.75 bits per heavy atom. The summed E-state index contributed by atoms with van der Waals surface area (Å²) in [6.07, 6.45) is 5.49. The van der Waals surface area contributed by atoms with Crippen molar-refractivity contribution in [1.29, 1.82) is 0 Å². The second kappa shape index (κ2) is 4.37. The SMILES string of the molecule is C=C1C[C@@H](O)C(C(C)C)C2C=C(C)CCC12. The van der Waals surface area contributed by atoms with Crippen molar-refractivity contribution >= 4 is 0 Å². The molecule has 0 heterocycles. The van der Waals surface area contributed by atoms with Crippen molar-refractivity contribution < 1.29 is 5.11 Å². The van der Waals surface area contributed by atoms with Crippen LogP contribution in [0.4, 0.5) is 0 Å².